The van der Waals surface area contributed by atoms with Gasteiger partial charge < -0.3 is 14.8 Å². The summed E-state index contributed by atoms with van der Waals surface area (Å²) in [6.07, 6.45) is 4.11. The van der Waals surface area contributed by atoms with Gasteiger partial charge in [-0.1, -0.05) is 35.9 Å². The molecule has 0 aliphatic heterocycles. The third-order valence-corrected chi connectivity index (χ3v) is 3.83. The van der Waals surface area contributed by atoms with Gasteiger partial charge in [0.2, 0.25) is 5.91 Å². The van der Waals surface area contributed by atoms with E-state index in [0.717, 1.165) is 29.0 Å². The van der Waals surface area contributed by atoms with Crippen molar-refractivity contribution in [3.8, 4) is 11.5 Å². The molecule has 1 N–H and O–H groups in total. The molecule has 2 rings (SSSR count). The number of nitrogens with one attached hydrogen (secondary N) is 1. The number of carbonyl (C=O) groups excluding carboxylic acids is 1. The van der Waals surface area contributed by atoms with E-state index in [0.29, 0.717) is 19.8 Å². The Kier molecular flexibility index (Phi) is 7.75. The van der Waals surface area contributed by atoms with Crippen LogP contribution in [0.25, 0.3) is 6.08 Å². The van der Waals surface area contributed by atoms with Crippen molar-refractivity contribution in [1.29, 1.82) is 0 Å². The van der Waals surface area contributed by atoms with Crippen LogP contribution in [0.2, 0.25) is 0 Å². The van der Waals surface area contributed by atoms with Crippen LogP contribution in [0.5, 0.6) is 11.5 Å². The average Bonchev–Trinajstić information content (AvgIpc) is 2.64. The monoisotopic (exact) mass is 353 g/mol. The minimum atomic E-state index is -0.0958. The quantitative estimate of drug-likeness (QED) is 0.689. The van der Waals surface area contributed by atoms with Crippen molar-refractivity contribution < 1.29 is 14.3 Å². The highest BCUT2D eigenvalue weighted by Crippen LogP contribution is 2.28. The van der Waals surface area contributed by atoms with Gasteiger partial charge >= 0.3 is 0 Å². The Labute approximate surface area is 155 Å². The maximum Gasteiger partial charge on any atom is 0.244 e. The van der Waals surface area contributed by atoms with Crippen molar-refractivity contribution in [3.05, 3.63) is 65.2 Å². The molecular weight excluding hydrogens is 326 g/mol. The van der Waals surface area contributed by atoms with E-state index in [1.54, 1.807) is 6.08 Å². The van der Waals surface area contributed by atoms with Crippen LogP contribution in [-0.4, -0.2) is 25.7 Å². The normalized spacial score (nSPS) is 10.7. The predicted octanol–water partition coefficient (Wildman–Crippen LogP) is 4.16. The smallest absolute Gasteiger partial charge is 0.244 e. The SMILES string of the molecule is CCOc1ccc(CCNC(=O)/C=C/c2ccc(C)cc2)cc1OCC. The van der Waals surface area contributed by atoms with Crippen LogP contribution >= 0.6 is 0 Å². The van der Waals surface area contributed by atoms with E-state index >= 15 is 0 Å². The van der Waals surface area contributed by atoms with Crippen molar-refractivity contribution in [1.82, 2.24) is 5.32 Å². The number of aryl methyl sites for hydroxylation is 1. The highest BCUT2D eigenvalue weighted by Gasteiger charge is 2.06. The van der Waals surface area contributed by atoms with Crippen LogP contribution in [0, 0.1) is 6.92 Å². The first-order chi connectivity index (χ1) is 12.6. The highest BCUT2D eigenvalue weighted by molar-refractivity contribution is 5.91. The molecule has 0 heterocycles. The zero-order chi connectivity index (χ0) is 18.8. The summed E-state index contributed by atoms with van der Waals surface area (Å²) in [5, 5.41) is 2.91. The van der Waals surface area contributed by atoms with Gasteiger partial charge in [0, 0.05) is 12.6 Å². The van der Waals surface area contributed by atoms with Crippen molar-refractivity contribution >= 4 is 12.0 Å². The van der Waals surface area contributed by atoms with Gasteiger partial charge in [-0.3, -0.25) is 4.79 Å². The van der Waals surface area contributed by atoms with E-state index < -0.39 is 0 Å². The molecule has 0 spiro atoms. The van der Waals surface area contributed by atoms with Crippen molar-refractivity contribution in [2.75, 3.05) is 19.8 Å². The summed E-state index contributed by atoms with van der Waals surface area (Å²) in [4.78, 5) is 11.9. The molecule has 0 aliphatic carbocycles. The fourth-order valence-electron chi connectivity index (χ4n) is 2.49. The van der Waals surface area contributed by atoms with Gasteiger partial charge in [-0.05, 0) is 56.5 Å². The van der Waals surface area contributed by atoms with Gasteiger partial charge in [0.25, 0.3) is 0 Å². The lowest BCUT2D eigenvalue weighted by Crippen LogP contribution is -2.23. The van der Waals surface area contributed by atoms with Gasteiger partial charge in [-0.2, -0.15) is 0 Å². The molecule has 0 unspecified atom stereocenters. The van der Waals surface area contributed by atoms with Gasteiger partial charge in [-0.15, -0.1) is 0 Å². The van der Waals surface area contributed by atoms with Crippen LogP contribution in [0.1, 0.15) is 30.5 Å². The van der Waals surface area contributed by atoms with E-state index in [2.05, 4.69) is 5.32 Å². The minimum absolute atomic E-state index is 0.0958. The van der Waals surface area contributed by atoms with Gasteiger partial charge in [0.1, 0.15) is 0 Å². The molecule has 0 fully saturated rings. The molecule has 0 saturated carbocycles. The number of carbonyl (C=O) groups is 1. The van der Waals surface area contributed by atoms with E-state index in [4.69, 9.17) is 9.47 Å². The number of amides is 1. The maximum absolute atomic E-state index is 11.9. The first-order valence-corrected chi connectivity index (χ1v) is 9.03. The van der Waals surface area contributed by atoms with Crippen molar-refractivity contribution in [2.24, 2.45) is 0 Å². The number of ether oxygens (including phenoxy) is 2. The lowest BCUT2D eigenvalue weighted by atomic mass is 10.1. The van der Waals surface area contributed by atoms with Crippen molar-refractivity contribution in [2.45, 2.75) is 27.2 Å². The molecule has 26 heavy (non-hydrogen) atoms. The molecule has 0 bridgehead atoms. The van der Waals surface area contributed by atoms with Crippen LogP contribution < -0.4 is 14.8 Å². The molecule has 1 amide bonds. The van der Waals surface area contributed by atoms with Gasteiger partial charge in [0.15, 0.2) is 11.5 Å². The first-order valence-electron chi connectivity index (χ1n) is 9.03. The van der Waals surface area contributed by atoms with Crippen LogP contribution in [-0.2, 0) is 11.2 Å². The Hall–Kier alpha value is -2.75. The Morgan fingerprint density at radius 1 is 1.00 bits per heavy atom. The molecule has 0 radical (unpaired) electrons. The van der Waals surface area contributed by atoms with E-state index in [1.807, 2.05) is 69.3 Å². The number of benzene rings is 2. The molecule has 4 nitrogen and oxygen atoms in total. The van der Waals surface area contributed by atoms with Crippen molar-refractivity contribution in [3.63, 3.8) is 0 Å². The molecule has 4 heteroatoms. The van der Waals surface area contributed by atoms with E-state index in [1.165, 1.54) is 5.56 Å². The topological polar surface area (TPSA) is 47.6 Å². The predicted molar refractivity (Wildman–Crippen MR) is 106 cm³/mol. The van der Waals surface area contributed by atoms with Gasteiger partial charge in [0.05, 0.1) is 13.2 Å². The van der Waals surface area contributed by atoms with Crippen LogP contribution in [0.4, 0.5) is 0 Å². The van der Waals surface area contributed by atoms with Crippen LogP contribution in [0.3, 0.4) is 0 Å². The Balaban J connectivity index is 1.85. The Morgan fingerprint density at radius 3 is 2.38 bits per heavy atom. The number of hydrogen-bond donors (Lipinski definition) is 1. The summed E-state index contributed by atoms with van der Waals surface area (Å²) in [5.74, 6) is 1.40. The summed E-state index contributed by atoms with van der Waals surface area (Å²) in [7, 11) is 0. The number of hydrogen-bond acceptors (Lipinski definition) is 3. The third-order valence-electron chi connectivity index (χ3n) is 3.83. The highest BCUT2D eigenvalue weighted by atomic mass is 16.5. The fraction of sp³-hybridized carbons (Fsp3) is 0.318. The molecule has 0 aromatic heterocycles. The molecule has 0 saturated heterocycles. The second kappa shape index (κ2) is 10.3. The Morgan fingerprint density at radius 2 is 1.69 bits per heavy atom. The second-order valence-corrected chi connectivity index (χ2v) is 5.93. The molecule has 0 aliphatic rings. The fourth-order valence-corrected chi connectivity index (χ4v) is 2.49. The maximum atomic E-state index is 11.9. The summed E-state index contributed by atoms with van der Waals surface area (Å²) < 4.78 is 11.2. The number of rotatable bonds is 9. The molecule has 2 aromatic rings. The summed E-state index contributed by atoms with van der Waals surface area (Å²) >= 11 is 0. The molecule has 0 atom stereocenters. The van der Waals surface area contributed by atoms with E-state index in [-0.39, 0.29) is 5.91 Å². The average molecular weight is 353 g/mol. The molecule has 138 valence electrons. The molecular formula is C22H27NO3. The lowest BCUT2D eigenvalue weighted by Gasteiger charge is -2.12. The Bertz CT molecular complexity index is 736. The zero-order valence-corrected chi connectivity index (χ0v) is 15.7. The minimum Gasteiger partial charge on any atom is -0.490 e. The van der Waals surface area contributed by atoms with Crippen LogP contribution in [0.15, 0.2) is 48.5 Å². The van der Waals surface area contributed by atoms with E-state index in [9.17, 15) is 4.79 Å². The van der Waals surface area contributed by atoms with Gasteiger partial charge in [-0.25, -0.2) is 0 Å². The summed E-state index contributed by atoms with van der Waals surface area (Å²) in [6, 6.07) is 13.9. The standard InChI is InChI=1S/C22H27NO3/c1-4-25-20-12-10-19(16-21(20)26-5-2)14-15-23-22(24)13-11-18-8-6-17(3)7-9-18/h6-13,16H,4-5,14-15H2,1-3H3,(H,23,24)/b13-11+. The lowest BCUT2D eigenvalue weighted by molar-refractivity contribution is -0.116. The first kappa shape index (κ1) is 19.6. The second-order valence-electron chi connectivity index (χ2n) is 5.93. The zero-order valence-electron chi connectivity index (χ0n) is 15.7. The summed E-state index contributed by atoms with van der Waals surface area (Å²) in [5.41, 5.74) is 3.31. The molecule has 2 aromatic carbocycles. The summed E-state index contributed by atoms with van der Waals surface area (Å²) in [6.45, 7) is 7.69. The largest absolute Gasteiger partial charge is 0.490 e. The third kappa shape index (κ3) is 6.28.